The summed E-state index contributed by atoms with van der Waals surface area (Å²) in [5.41, 5.74) is 0.0936. The van der Waals surface area contributed by atoms with Gasteiger partial charge in [-0.3, -0.25) is 14.5 Å². The first-order chi connectivity index (χ1) is 26.6. The van der Waals surface area contributed by atoms with Gasteiger partial charge in [0.15, 0.2) is 5.82 Å². The molecule has 10 rings (SSSR count). The molecule has 6 heterocycles. The second kappa shape index (κ2) is 13.0. The summed E-state index contributed by atoms with van der Waals surface area (Å²) in [7, 11) is 3.53. The zero-order valence-electron chi connectivity index (χ0n) is 31.1. The molecule has 4 atom stereocenters. The highest BCUT2D eigenvalue weighted by Crippen LogP contribution is 2.48. The summed E-state index contributed by atoms with van der Waals surface area (Å²) >= 11 is 0. The molecule has 5 fully saturated rings. The summed E-state index contributed by atoms with van der Waals surface area (Å²) in [6.07, 6.45) is 13.1. The minimum absolute atomic E-state index is 0.0264. The highest BCUT2D eigenvalue weighted by molar-refractivity contribution is 6.18. The first kappa shape index (κ1) is 34.8. The first-order valence-electron chi connectivity index (χ1n) is 19.5. The van der Waals surface area contributed by atoms with Crippen LogP contribution in [-0.2, 0) is 11.8 Å². The van der Waals surface area contributed by atoms with Crippen LogP contribution in [0.2, 0.25) is 0 Å². The lowest BCUT2D eigenvalue weighted by Crippen LogP contribution is -2.59. The summed E-state index contributed by atoms with van der Waals surface area (Å²) in [6, 6.07) is 6.47. The molecule has 0 spiro atoms. The Bertz CT molecular complexity index is 2400. The van der Waals surface area contributed by atoms with E-state index in [2.05, 4.69) is 20.6 Å². The molecule has 286 valence electrons. The van der Waals surface area contributed by atoms with Crippen molar-refractivity contribution in [3.63, 3.8) is 0 Å². The van der Waals surface area contributed by atoms with Crippen molar-refractivity contribution in [2.75, 3.05) is 51.4 Å². The number of halogens is 3. The van der Waals surface area contributed by atoms with Gasteiger partial charge in [-0.15, -0.1) is 6.42 Å². The lowest BCUT2D eigenvalue weighted by atomic mass is 9.79. The van der Waals surface area contributed by atoms with Crippen molar-refractivity contribution in [3.05, 3.63) is 47.7 Å². The molecule has 1 aliphatic carbocycles. The van der Waals surface area contributed by atoms with Gasteiger partial charge < -0.3 is 19.5 Å². The fourth-order valence-corrected chi connectivity index (χ4v) is 10.8. The molecule has 5 aromatic rings. The molecule has 13 heteroatoms. The fraction of sp³-hybridized carbons (Fsp3) is 0.500. The summed E-state index contributed by atoms with van der Waals surface area (Å²) < 4.78 is 61.4. The van der Waals surface area contributed by atoms with Crippen LogP contribution in [0.25, 0.3) is 43.7 Å². The third-order valence-electron chi connectivity index (χ3n) is 13.2. The number of methoxy groups -OCH3 is 1. The van der Waals surface area contributed by atoms with Gasteiger partial charge in [-0.25, -0.2) is 13.2 Å². The molecular weight excluding hydrogens is 708 g/mol. The van der Waals surface area contributed by atoms with Crippen LogP contribution in [0.4, 0.5) is 19.0 Å². The topological polar surface area (TPSA) is 92.0 Å². The van der Waals surface area contributed by atoms with E-state index in [1.54, 1.807) is 18.8 Å². The molecule has 1 N–H and O–H groups in total. The molecule has 3 aromatic carbocycles. The number of hydrogen-bond donors (Lipinski definition) is 1. The number of anilines is 1. The summed E-state index contributed by atoms with van der Waals surface area (Å²) in [4.78, 5) is 17.1. The fourth-order valence-electron chi connectivity index (χ4n) is 10.8. The number of likely N-dealkylation sites (tertiary alicyclic amines) is 1. The van der Waals surface area contributed by atoms with Crippen LogP contribution in [-0.4, -0.2) is 111 Å². The highest BCUT2D eigenvalue weighted by Gasteiger charge is 2.50. The molecule has 4 saturated heterocycles. The van der Waals surface area contributed by atoms with Crippen LogP contribution in [0.3, 0.4) is 0 Å². The average molecular weight is 752 g/mol. The molecule has 2 aromatic heterocycles. The van der Waals surface area contributed by atoms with Crippen molar-refractivity contribution in [1.29, 1.82) is 0 Å². The van der Waals surface area contributed by atoms with Crippen molar-refractivity contribution < 1.29 is 27.8 Å². The quantitative estimate of drug-likeness (QED) is 0.183. The van der Waals surface area contributed by atoms with E-state index in [4.69, 9.17) is 31.0 Å². The van der Waals surface area contributed by atoms with Gasteiger partial charge in [-0.2, -0.15) is 15.1 Å². The number of phenols is 1. The van der Waals surface area contributed by atoms with E-state index in [-0.39, 0.29) is 58.0 Å². The number of phenolic OH excluding ortho intramolecular Hbond substituents is 1. The van der Waals surface area contributed by atoms with Gasteiger partial charge in [0.2, 0.25) is 0 Å². The minimum atomic E-state index is -0.932. The number of aryl methyl sites for hydroxylation is 1. The van der Waals surface area contributed by atoms with Crippen LogP contribution in [0.15, 0.2) is 30.5 Å². The molecule has 2 bridgehead atoms. The van der Waals surface area contributed by atoms with Gasteiger partial charge in [0.05, 0.1) is 16.5 Å². The third kappa shape index (κ3) is 5.46. The summed E-state index contributed by atoms with van der Waals surface area (Å²) in [5.74, 6) is 2.16. The Kier molecular flexibility index (Phi) is 8.21. The van der Waals surface area contributed by atoms with Crippen LogP contribution in [0.5, 0.6) is 11.8 Å². The number of piperazine rings is 1. The van der Waals surface area contributed by atoms with Crippen LogP contribution in [0.1, 0.15) is 50.5 Å². The maximum atomic E-state index is 17.8. The van der Waals surface area contributed by atoms with Crippen LogP contribution in [0, 0.1) is 29.9 Å². The van der Waals surface area contributed by atoms with Crippen molar-refractivity contribution in [1.82, 2.24) is 29.5 Å². The highest BCUT2D eigenvalue weighted by atomic mass is 19.1. The second-order valence-corrected chi connectivity index (χ2v) is 16.5. The van der Waals surface area contributed by atoms with Gasteiger partial charge in [0.1, 0.15) is 41.2 Å². The van der Waals surface area contributed by atoms with E-state index in [1.807, 2.05) is 6.20 Å². The van der Waals surface area contributed by atoms with Crippen molar-refractivity contribution in [2.24, 2.45) is 13.0 Å². The van der Waals surface area contributed by atoms with E-state index in [0.717, 1.165) is 64.8 Å². The molecule has 10 nitrogen and oxygen atoms in total. The number of nitrogens with zero attached hydrogens (tertiary/aromatic N) is 7. The smallest absolute Gasteiger partial charge is 0.319 e. The SMILES string of the molecule is C#Cc1c(F)ccc2cc(O)cc(-c3c(F)c4nc(OC[C@@]56CCCN5C[C@H](F)C6)nc(N5C6CCC5CN(C5CC(COC)C5)C6)c4c4cn(C)nc34)c12. The lowest BCUT2D eigenvalue weighted by molar-refractivity contribution is 0.0199. The number of fused-ring (bicyclic) bond motifs is 7. The Morgan fingerprint density at radius 2 is 1.84 bits per heavy atom. The predicted molar refractivity (Wildman–Crippen MR) is 204 cm³/mol. The van der Waals surface area contributed by atoms with Crippen molar-refractivity contribution in [2.45, 2.75) is 74.8 Å². The normalized spacial score (nSPS) is 28.0. The molecule has 0 radical (unpaired) electrons. The largest absolute Gasteiger partial charge is 0.508 e. The molecule has 2 unspecified atom stereocenters. The Labute approximate surface area is 317 Å². The standard InChI is InChI=1S/C42H44F3N7O3/c1-4-30-33(44)9-6-24-14-29(53)15-31(34(24)30)35-37(45)39-36(32-20-49(2)48-38(32)35)40(47-41(46-39)55-22-42-10-5-11-51(42)17-25(43)16-42)52-26-7-8-27(52)19-50(18-26)28-12-23(13-28)21-54-3/h1,6,9,14-15,20,23,25-28,53H,5,7-8,10-13,16-19,21-22H2,2-3H3/t23?,25-,26?,27?,28?,42+/m1/s1. The van der Waals surface area contributed by atoms with E-state index in [1.165, 1.54) is 24.3 Å². The van der Waals surface area contributed by atoms with Crippen LogP contribution >= 0.6 is 0 Å². The molecular formula is C42H44F3N7O3. The zero-order valence-corrected chi connectivity index (χ0v) is 31.1. The Hall–Kier alpha value is -4.64. The number of terminal acetylenes is 1. The molecule has 4 aliphatic heterocycles. The first-order valence-corrected chi connectivity index (χ1v) is 19.5. The molecule has 5 aliphatic rings. The maximum absolute atomic E-state index is 17.8. The lowest BCUT2D eigenvalue weighted by Gasteiger charge is -2.49. The number of rotatable bonds is 8. The number of benzene rings is 3. The van der Waals surface area contributed by atoms with E-state index in [0.29, 0.717) is 52.4 Å². The number of alkyl halides is 1. The number of aromatic nitrogens is 4. The van der Waals surface area contributed by atoms with Crippen LogP contribution < -0.4 is 9.64 Å². The molecule has 1 saturated carbocycles. The maximum Gasteiger partial charge on any atom is 0.319 e. The Balaban J connectivity index is 1.15. The number of ether oxygens (including phenoxy) is 2. The van der Waals surface area contributed by atoms with Gasteiger partial charge in [0.25, 0.3) is 0 Å². The second-order valence-electron chi connectivity index (χ2n) is 16.5. The Morgan fingerprint density at radius 1 is 1.04 bits per heavy atom. The monoisotopic (exact) mass is 751 g/mol. The zero-order chi connectivity index (χ0) is 37.7. The van der Waals surface area contributed by atoms with Gasteiger partial charge in [-0.05, 0) is 80.1 Å². The summed E-state index contributed by atoms with van der Waals surface area (Å²) in [6.45, 7) is 3.90. The van der Waals surface area contributed by atoms with Crippen molar-refractivity contribution in [3.8, 4) is 35.2 Å². The predicted octanol–water partition coefficient (Wildman–Crippen LogP) is 6.34. The van der Waals surface area contributed by atoms with E-state index >= 15 is 8.78 Å². The average Bonchev–Trinajstić information content (AvgIpc) is 3.87. The Morgan fingerprint density at radius 3 is 2.60 bits per heavy atom. The van der Waals surface area contributed by atoms with Gasteiger partial charge >= 0.3 is 6.01 Å². The summed E-state index contributed by atoms with van der Waals surface area (Å²) in [5, 5.41) is 17.6. The van der Waals surface area contributed by atoms with Gasteiger partial charge in [-0.1, -0.05) is 12.0 Å². The van der Waals surface area contributed by atoms with E-state index < -0.39 is 23.3 Å². The molecule has 0 amide bonds. The van der Waals surface area contributed by atoms with E-state index in [9.17, 15) is 9.50 Å². The number of aromatic hydroxyl groups is 1. The minimum Gasteiger partial charge on any atom is -0.508 e. The molecule has 55 heavy (non-hydrogen) atoms. The van der Waals surface area contributed by atoms with Crippen molar-refractivity contribution >= 4 is 38.4 Å². The number of hydrogen-bond acceptors (Lipinski definition) is 9. The third-order valence-corrected chi connectivity index (χ3v) is 13.2. The van der Waals surface area contributed by atoms with Gasteiger partial charge in [0, 0.05) is 87.5 Å².